The van der Waals surface area contributed by atoms with Crippen LogP contribution in [0.2, 0.25) is 0 Å². The molecule has 16 heavy (non-hydrogen) atoms. The first-order valence-electron chi connectivity index (χ1n) is 5.58. The van der Waals surface area contributed by atoms with Crippen molar-refractivity contribution in [3.8, 4) is 0 Å². The highest BCUT2D eigenvalue weighted by molar-refractivity contribution is 5.47. The number of aromatic nitrogens is 2. The molecule has 2 N–H and O–H groups in total. The largest absolute Gasteiger partial charge is 0.383 e. The Bertz CT molecular complexity index is 317. The van der Waals surface area contributed by atoms with E-state index >= 15 is 0 Å². The average Bonchev–Trinajstić information content (AvgIpc) is 2.29. The third kappa shape index (κ3) is 4.02. The third-order valence-corrected chi connectivity index (χ3v) is 2.11. The highest BCUT2D eigenvalue weighted by atomic mass is 16.5. The number of aryl methyl sites for hydroxylation is 1. The Kier molecular flexibility index (Phi) is 5.56. The van der Waals surface area contributed by atoms with Crippen LogP contribution in [0.3, 0.4) is 0 Å². The Labute approximate surface area is 96.6 Å². The van der Waals surface area contributed by atoms with Crippen LogP contribution >= 0.6 is 0 Å². The minimum atomic E-state index is 0.669. The summed E-state index contributed by atoms with van der Waals surface area (Å²) < 4.78 is 4.98. The molecule has 0 aliphatic heterocycles. The van der Waals surface area contributed by atoms with Crippen LogP contribution in [-0.2, 0) is 11.2 Å². The molecule has 0 unspecified atom stereocenters. The normalized spacial score (nSPS) is 10.2. The molecule has 0 fully saturated rings. The van der Waals surface area contributed by atoms with Gasteiger partial charge >= 0.3 is 0 Å². The first kappa shape index (κ1) is 12.7. The lowest BCUT2D eigenvalue weighted by Crippen LogP contribution is -2.11. The SMILES string of the molecule is CCCc1nc(NC)cc(NCCOC)n1. The van der Waals surface area contributed by atoms with Crippen molar-refractivity contribution in [2.24, 2.45) is 0 Å². The van der Waals surface area contributed by atoms with Crippen molar-refractivity contribution in [2.45, 2.75) is 19.8 Å². The third-order valence-electron chi connectivity index (χ3n) is 2.11. The molecule has 0 radical (unpaired) electrons. The summed E-state index contributed by atoms with van der Waals surface area (Å²) in [7, 11) is 3.54. The molecule has 0 atom stereocenters. The molecule has 90 valence electrons. The molecule has 1 aromatic rings. The molecule has 0 spiro atoms. The Morgan fingerprint density at radius 3 is 2.69 bits per heavy atom. The number of rotatable bonds is 7. The van der Waals surface area contributed by atoms with Gasteiger partial charge in [0.15, 0.2) is 0 Å². The second-order valence-corrected chi connectivity index (χ2v) is 3.47. The van der Waals surface area contributed by atoms with Gasteiger partial charge in [-0.3, -0.25) is 0 Å². The number of nitrogens with one attached hydrogen (secondary N) is 2. The van der Waals surface area contributed by atoms with Gasteiger partial charge in [0.25, 0.3) is 0 Å². The first-order valence-corrected chi connectivity index (χ1v) is 5.58. The van der Waals surface area contributed by atoms with E-state index in [1.54, 1.807) is 7.11 Å². The van der Waals surface area contributed by atoms with Crippen LogP contribution in [0.4, 0.5) is 11.6 Å². The molecule has 0 aliphatic rings. The summed E-state index contributed by atoms with van der Waals surface area (Å²) >= 11 is 0. The zero-order chi connectivity index (χ0) is 11.8. The second-order valence-electron chi connectivity index (χ2n) is 3.47. The molecule has 1 aromatic heterocycles. The van der Waals surface area contributed by atoms with Crippen LogP contribution in [0, 0.1) is 0 Å². The Hall–Kier alpha value is -1.36. The lowest BCUT2D eigenvalue weighted by atomic mass is 10.3. The van der Waals surface area contributed by atoms with E-state index in [0.717, 1.165) is 36.8 Å². The molecule has 0 aromatic carbocycles. The van der Waals surface area contributed by atoms with Gasteiger partial charge < -0.3 is 15.4 Å². The fourth-order valence-corrected chi connectivity index (χ4v) is 1.33. The van der Waals surface area contributed by atoms with E-state index in [-0.39, 0.29) is 0 Å². The van der Waals surface area contributed by atoms with E-state index in [0.29, 0.717) is 6.61 Å². The van der Waals surface area contributed by atoms with Gasteiger partial charge in [-0.1, -0.05) is 6.92 Å². The monoisotopic (exact) mass is 224 g/mol. The highest BCUT2D eigenvalue weighted by Crippen LogP contribution is 2.11. The summed E-state index contributed by atoms with van der Waals surface area (Å²) in [5, 5.41) is 6.24. The summed E-state index contributed by atoms with van der Waals surface area (Å²) in [4.78, 5) is 8.80. The van der Waals surface area contributed by atoms with Crippen molar-refractivity contribution < 1.29 is 4.74 Å². The number of hydrogen-bond acceptors (Lipinski definition) is 5. The molecule has 5 nitrogen and oxygen atoms in total. The molecular formula is C11H20N4O. The lowest BCUT2D eigenvalue weighted by Gasteiger charge is -2.09. The Morgan fingerprint density at radius 2 is 2.06 bits per heavy atom. The van der Waals surface area contributed by atoms with Gasteiger partial charge in [-0.2, -0.15) is 0 Å². The van der Waals surface area contributed by atoms with Crippen LogP contribution in [0.1, 0.15) is 19.2 Å². The standard InChI is InChI=1S/C11H20N4O/c1-4-5-9-14-10(12-2)8-11(15-9)13-6-7-16-3/h8H,4-7H2,1-3H3,(H2,12,13,14,15). The van der Waals surface area contributed by atoms with Crippen LogP contribution in [-0.4, -0.2) is 37.3 Å². The Morgan fingerprint density at radius 1 is 1.31 bits per heavy atom. The van der Waals surface area contributed by atoms with Gasteiger partial charge in [-0.25, -0.2) is 9.97 Å². The Balaban J connectivity index is 2.69. The average molecular weight is 224 g/mol. The van der Waals surface area contributed by atoms with Crippen molar-refractivity contribution in [1.29, 1.82) is 0 Å². The summed E-state index contributed by atoms with van der Waals surface area (Å²) in [6.07, 6.45) is 1.94. The topological polar surface area (TPSA) is 59.1 Å². The minimum absolute atomic E-state index is 0.669. The molecule has 0 amide bonds. The minimum Gasteiger partial charge on any atom is -0.383 e. The van der Waals surface area contributed by atoms with Crippen molar-refractivity contribution in [1.82, 2.24) is 9.97 Å². The van der Waals surface area contributed by atoms with Gasteiger partial charge in [-0.15, -0.1) is 0 Å². The molecule has 1 heterocycles. The predicted molar refractivity (Wildman–Crippen MR) is 65.9 cm³/mol. The summed E-state index contributed by atoms with van der Waals surface area (Å²) in [5.41, 5.74) is 0. The van der Waals surface area contributed by atoms with E-state index in [2.05, 4.69) is 27.5 Å². The van der Waals surface area contributed by atoms with E-state index in [4.69, 9.17) is 4.74 Å². The van der Waals surface area contributed by atoms with Crippen LogP contribution < -0.4 is 10.6 Å². The number of hydrogen-bond donors (Lipinski definition) is 2. The molecule has 1 rings (SSSR count). The highest BCUT2D eigenvalue weighted by Gasteiger charge is 2.02. The molecule has 5 heteroatoms. The number of anilines is 2. The number of ether oxygens (including phenoxy) is 1. The van der Waals surface area contributed by atoms with E-state index in [1.165, 1.54) is 0 Å². The van der Waals surface area contributed by atoms with E-state index in [1.807, 2.05) is 13.1 Å². The fourth-order valence-electron chi connectivity index (χ4n) is 1.33. The predicted octanol–water partition coefficient (Wildman–Crippen LogP) is 1.53. The number of methoxy groups -OCH3 is 1. The fraction of sp³-hybridized carbons (Fsp3) is 0.636. The summed E-state index contributed by atoms with van der Waals surface area (Å²) in [5.74, 6) is 2.56. The van der Waals surface area contributed by atoms with Crippen LogP contribution in [0.15, 0.2) is 6.07 Å². The maximum Gasteiger partial charge on any atom is 0.133 e. The van der Waals surface area contributed by atoms with Crippen molar-refractivity contribution in [3.63, 3.8) is 0 Å². The molecule has 0 saturated heterocycles. The summed E-state index contributed by atoms with van der Waals surface area (Å²) in [6, 6.07) is 1.90. The summed E-state index contributed by atoms with van der Waals surface area (Å²) in [6.45, 7) is 3.54. The second kappa shape index (κ2) is 7.00. The molecule has 0 aliphatic carbocycles. The van der Waals surface area contributed by atoms with Crippen molar-refractivity contribution >= 4 is 11.6 Å². The van der Waals surface area contributed by atoms with Gasteiger partial charge in [0.2, 0.25) is 0 Å². The zero-order valence-electron chi connectivity index (χ0n) is 10.2. The molecular weight excluding hydrogens is 204 g/mol. The van der Waals surface area contributed by atoms with Crippen molar-refractivity contribution in [3.05, 3.63) is 11.9 Å². The van der Waals surface area contributed by atoms with Gasteiger partial charge in [0, 0.05) is 33.2 Å². The van der Waals surface area contributed by atoms with Crippen LogP contribution in [0.5, 0.6) is 0 Å². The van der Waals surface area contributed by atoms with Gasteiger partial charge in [0.05, 0.1) is 6.61 Å². The van der Waals surface area contributed by atoms with Gasteiger partial charge in [0.1, 0.15) is 17.5 Å². The van der Waals surface area contributed by atoms with Crippen molar-refractivity contribution in [2.75, 3.05) is 37.9 Å². The maximum atomic E-state index is 4.98. The van der Waals surface area contributed by atoms with Crippen LogP contribution in [0.25, 0.3) is 0 Å². The van der Waals surface area contributed by atoms with E-state index in [9.17, 15) is 0 Å². The lowest BCUT2D eigenvalue weighted by molar-refractivity contribution is 0.210. The molecule has 0 bridgehead atoms. The molecule has 0 saturated carbocycles. The van der Waals surface area contributed by atoms with E-state index < -0.39 is 0 Å². The maximum absolute atomic E-state index is 4.98. The number of nitrogens with zero attached hydrogens (tertiary/aromatic N) is 2. The quantitative estimate of drug-likeness (QED) is 0.688. The van der Waals surface area contributed by atoms with Gasteiger partial charge in [-0.05, 0) is 6.42 Å². The zero-order valence-corrected chi connectivity index (χ0v) is 10.2. The first-order chi connectivity index (χ1) is 7.80. The smallest absolute Gasteiger partial charge is 0.133 e.